The molecule has 2 heterocycles. The van der Waals surface area contributed by atoms with Crippen LogP contribution in [0.2, 0.25) is 0 Å². The normalized spacial score (nSPS) is 16.6. The van der Waals surface area contributed by atoms with E-state index in [1.54, 1.807) is 6.33 Å². The molecule has 0 aromatic carbocycles. The minimum atomic E-state index is 0. The molecule has 1 aliphatic heterocycles. The van der Waals surface area contributed by atoms with Gasteiger partial charge >= 0.3 is 0 Å². The fraction of sp³-hybridized carbons (Fsp3) is 0.800. The van der Waals surface area contributed by atoms with Crippen LogP contribution in [0.5, 0.6) is 0 Å². The number of aromatic nitrogens is 3. The Hall–Kier alpha value is -0.940. The fourth-order valence-corrected chi connectivity index (χ4v) is 2.52. The molecule has 1 aliphatic rings. The molecule has 0 bridgehead atoms. The summed E-state index contributed by atoms with van der Waals surface area (Å²) in [6.45, 7) is 12.3. The predicted molar refractivity (Wildman–Crippen MR) is 106 cm³/mol. The summed E-state index contributed by atoms with van der Waals surface area (Å²) in [7, 11) is 1.92. The van der Waals surface area contributed by atoms with E-state index < -0.39 is 0 Å². The summed E-state index contributed by atoms with van der Waals surface area (Å²) < 4.78 is 7.32. The summed E-state index contributed by atoms with van der Waals surface area (Å²) in [4.78, 5) is 7.05. The zero-order chi connectivity index (χ0) is 16.7. The predicted octanol–water partition coefficient (Wildman–Crippen LogP) is 0.599. The van der Waals surface area contributed by atoms with E-state index in [1.165, 1.54) is 0 Å². The average molecular weight is 451 g/mol. The van der Waals surface area contributed by atoms with Crippen molar-refractivity contribution in [2.24, 2.45) is 12.0 Å². The molecule has 8 nitrogen and oxygen atoms in total. The molecule has 1 aromatic rings. The number of hydrogen-bond donors (Lipinski definition) is 2. The van der Waals surface area contributed by atoms with Crippen molar-refractivity contribution in [1.29, 1.82) is 0 Å². The lowest BCUT2D eigenvalue weighted by atomic mass is 10.0. The first-order valence-corrected chi connectivity index (χ1v) is 8.21. The van der Waals surface area contributed by atoms with Gasteiger partial charge in [0.05, 0.1) is 13.2 Å². The van der Waals surface area contributed by atoms with E-state index >= 15 is 0 Å². The first-order valence-electron chi connectivity index (χ1n) is 8.21. The van der Waals surface area contributed by atoms with E-state index in [0.717, 1.165) is 51.2 Å². The van der Waals surface area contributed by atoms with Crippen LogP contribution in [0.4, 0.5) is 0 Å². The SMILES string of the molecule is CCNC(=NCc1nncn1C)NCC(C)(C)N1CCOCC1.I. The monoisotopic (exact) mass is 451 g/mol. The molecule has 24 heavy (non-hydrogen) atoms. The Morgan fingerprint density at radius 1 is 1.33 bits per heavy atom. The molecule has 0 aliphatic carbocycles. The van der Waals surface area contributed by atoms with E-state index in [4.69, 9.17) is 4.74 Å². The average Bonchev–Trinajstić information content (AvgIpc) is 2.96. The van der Waals surface area contributed by atoms with E-state index in [-0.39, 0.29) is 29.5 Å². The highest BCUT2D eigenvalue weighted by atomic mass is 127. The second kappa shape index (κ2) is 10.1. The zero-order valence-electron chi connectivity index (χ0n) is 15.1. The zero-order valence-corrected chi connectivity index (χ0v) is 17.4. The van der Waals surface area contributed by atoms with E-state index in [0.29, 0.717) is 6.54 Å². The van der Waals surface area contributed by atoms with Crippen molar-refractivity contribution in [3.63, 3.8) is 0 Å². The third kappa shape index (κ3) is 6.17. The molecule has 0 amide bonds. The molecular weight excluding hydrogens is 421 g/mol. The van der Waals surface area contributed by atoms with Gasteiger partial charge in [0.25, 0.3) is 0 Å². The van der Waals surface area contributed by atoms with E-state index in [1.807, 2.05) is 11.6 Å². The van der Waals surface area contributed by atoms with Crippen LogP contribution in [0, 0.1) is 0 Å². The third-order valence-electron chi connectivity index (χ3n) is 4.08. The van der Waals surface area contributed by atoms with Gasteiger partial charge in [0.1, 0.15) is 12.9 Å². The van der Waals surface area contributed by atoms with Gasteiger partial charge in [-0.1, -0.05) is 0 Å². The van der Waals surface area contributed by atoms with Crippen molar-refractivity contribution >= 4 is 29.9 Å². The fourth-order valence-electron chi connectivity index (χ4n) is 2.52. The number of ether oxygens (including phenoxy) is 1. The number of nitrogens with zero attached hydrogens (tertiary/aromatic N) is 5. The topological polar surface area (TPSA) is 79.6 Å². The number of rotatable bonds is 6. The second-order valence-corrected chi connectivity index (χ2v) is 6.32. The maximum Gasteiger partial charge on any atom is 0.191 e. The molecule has 1 aromatic heterocycles. The molecule has 2 N–H and O–H groups in total. The Morgan fingerprint density at radius 2 is 2.04 bits per heavy atom. The second-order valence-electron chi connectivity index (χ2n) is 6.32. The largest absolute Gasteiger partial charge is 0.379 e. The molecule has 0 unspecified atom stereocenters. The van der Waals surface area contributed by atoms with Gasteiger partial charge in [-0.2, -0.15) is 0 Å². The van der Waals surface area contributed by atoms with Crippen molar-refractivity contribution < 1.29 is 4.74 Å². The van der Waals surface area contributed by atoms with Gasteiger partial charge in [0, 0.05) is 38.8 Å². The Balaban J connectivity index is 0.00000288. The highest BCUT2D eigenvalue weighted by molar-refractivity contribution is 14.0. The highest BCUT2D eigenvalue weighted by Crippen LogP contribution is 2.14. The molecule has 2 rings (SSSR count). The molecule has 138 valence electrons. The molecule has 0 saturated carbocycles. The number of aliphatic imine (C=N–C) groups is 1. The van der Waals surface area contributed by atoms with Gasteiger partial charge < -0.3 is 19.9 Å². The van der Waals surface area contributed by atoms with Crippen LogP contribution in [-0.4, -0.2) is 70.6 Å². The summed E-state index contributed by atoms with van der Waals surface area (Å²) in [6.07, 6.45) is 1.69. The van der Waals surface area contributed by atoms with Crippen LogP contribution < -0.4 is 10.6 Å². The first kappa shape index (κ1) is 21.1. The summed E-state index contributed by atoms with van der Waals surface area (Å²) in [5.74, 6) is 1.64. The lowest BCUT2D eigenvalue weighted by Crippen LogP contribution is -2.56. The van der Waals surface area contributed by atoms with Crippen LogP contribution in [0.25, 0.3) is 0 Å². The van der Waals surface area contributed by atoms with Gasteiger partial charge in [0.2, 0.25) is 0 Å². The number of guanidine groups is 1. The van der Waals surface area contributed by atoms with Crippen LogP contribution in [0.3, 0.4) is 0 Å². The molecule has 0 atom stereocenters. The van der Waals surface area contributed by atoms with Gasteiger partial charge in [-0.3, -0.25) is 4.90 Å². The first-order chi connectivity index (χ1) is 11.0. The number of halogens is 1. The molecule has 0 spiro atoms. The molecule has 0 radical (unpaired) electrons. The molecular formula is C15H30IN7O. The van der Waals surface area contributed by atoms with Crippen LogP contribution in [-0.2, 0) is 18.3 Å². The molecule has 1 saturated heterocycles. The Kier molecular flexibility index (Phi) is 8.92. The highest BCUT2D eigenvalue weighted by Gasteiger charge is 2.28. The summed E-state index contributed by atoms with van der Waals surface area (Å²) in [6, 6.07) is 0. The third-order valence-corrected chi connectivity index (χ3v) is 4.08. The van der Waals surface area contributed by atoms with Crippen LogP contribution in [0.1, 0.15) is 26.6 Å². The van der Waals surface area contributed by atoms with E-state index in [2.05, 4.69) is 51.5 Å². The minimum absolute atomic E-state index is 0. The van der Waals surface area contributed by atoms with E-state index in [9.17, 15) is 0 Å². The number of morpholine rings is 1. The summed E-state index contributed by atoms with van der Waals surface area (Å²) >= 11 is 0. The standard InChI is InChI=1S/C15H29N7O.HI/c1-5-16-14(17-10-13-20-19-12-21(13)4)18-11-15(2,3)22-6-8-23-9-7-22;/h12H,5-11H2,1-4H3,(H2,16,17,18);1H. The lowest BCUT2D eigenvalue weighted by Gasteiger charge is -2.41. The number of aryl methyl sites for hydroxylation is 1. The number of hydrogen-bond acceptors (Lipinski definition) is 5. The van der Waals surface area contributed by atoms with Crippen LogP contribution in [0.15, 0.2) is 11.3 Å². The van der Waals surface area contributed by atoms with Gasteiger partial charge in [-0.05, 0) is 20.8 Å². The van der Waals surface area contributed by atoms with Crippen molar-refractivity contribution in [2.75, 3.05) is 39.4 Å². The maximum absolute atomic E-state index is 5.44. The Bertz CT molecular complexity index is 512. The maximum atomic E-state index is 5.44. The van der Waals surface area contributed by atoms with Crippen molar-refractivity contribution in [1.82, 2.24) is 30.3 Å². The molecule has 1 fully saturated rings. The number of nitrogens with one attached hydrogen (secondary N) is 2. The Morgan fingerprint density at radius 3 is 2.62 bits per heavy atom. The van der Waals surface area contributed by atoms with Crippen molar-refractivity contribution in [3.05, 3.63) is 12.2 Å². The molecule has 9 heteroatoms. The van der Waals surface area contributed by atoms with Gasteiger partial charge in [0.15, 0.2) is 11.8 Å². The minimum Gasteiger partial charge on any atom is -0.379 e. The van der Waals surface area contributed by atoms with Gasteiger partial charge in [-0.25, -0.2) is 4.99 Å². The quantitative estimate of drug-likeness (QED) is 0.375. The lowest BCUT2D eigenvalue weighted by molar-refractivity contribution is -0.00834. The van der Waals surface area contributed by atoms with Crippen molar-refractivity contribution in [3.8, 4) is 0 Å². The summed E-state index contributed by atoms with van der Waals surface area (Å²) in [5, 5.41) is 14.7. The Labute approximate surface area is 161 Å². The van der Waals surface area contributed by atoms with Gasteiger partial charge in [-0.15, -0.1) is 34.2 Å². The summed E-state index contributed by atoms with van der Waals surface area (Å²) in [5.41, 5.74) is 0.0464. The smallest absolute Gasteiger partial charge is 0.191 e. The van der Waals surface area contributed by atoms with Crippen molar-refractivity contribution in [2.45, 2.75) is 32.9 Å². The van der Waals surface area contributed by atoms with Crippen LogP contribution >= 0.6 is 24.0 Å².